The van der Waals surface area contributed by atoms with E-state index in [1.165, 1.54) is 29.5 Å². The molecule has 0 saturated heterocycles. The fraction of sp³-hybridized carbons (Fsp3) is 0.480. The number of ether oxygens (including phenoxy) is 3. The molecule has 0 aliphatic heterocycles. The van der Waals surface area contributed by atoms with Gasteiger partial charge in [-0.15, -0.1) is 24.5 Å². The maximum absolute atomic E-state index is 13.4. The molecule has 3 amide bonds. The van der Waals surface area contributed by atoms with Gasteiger partial charge < -0.3 is 30.6 Å². The topological polar surface area (TPSA) is 129 Å². The summed E-state index contributed by atoms with van der Waals surface area (Å²) in [6.07, 6.45) is -5.63. The summed E-state index contributed by atoms with van der Waals surface area (Å²) in [6.45, 7) is 5.02. The van der Waals surface area contributed by atoms with E-state index < -0.39 is 47.9 Å². The first-order valence-corrected chi connectivity index (χ1v) is 12.7. The van der Waals surface area contributed by atoms with Crippen molar-refractivity contribution in [2.75, 3.05) is 6.61 Å². The summed E-state index contributed by atoms with van der Waals surface area (Å²) in [6, 6.07) is 7.16. The van der Waals surface area contributed by atoms with Gasteiger partial charge in [0.25, 0.3) is 0 Å². The highest BCUT2D eigenvalue weighted by Crippen LogP contribution is 2.32. The number of nitrogens with two attached hydrogens (primary N) is 1. The normalized spacial score (nSPS) is 13.2. The Bertz CT molecular complexity index is 1060. The summed E-state index contributed by atoms with van der Waals surface area (Å²) >= 11 is 1.38. The Kier molecular flexibility index (Phi) is 11.2. The van der Waals surface area contributed by atoms with Crippen molar-refractivity contribution >= 4 is 29.4 Å². The molecule has 1 aromatic heterocycles. The molecule has 38 heavy (non-hydrogen) atoms. The third-order valence-electron chi connectivity index (χ3n) is 4.96. The van der Waals surface area contributed by atoms with Gasteiger partial charge >= 0.3 is 18.5 Å². The first-order valence-electron chi connectivity index (χ1n) is 11.8. The highest BCUT2D eigenvalue weighted by atomic mass is 32.1. The number of benzene rings is 1. The molecule has 0 aliphatic rings. The van der Waals surface area contributed by atoms with Crippen LogP contribution in [0.5, 0.6) is 5.75 Å². The van der Waals surface area contributed by atoms with E-state index in [0.29, 0.717) is 12.8 Å². The number of carbonyl (C=O) groups is 3. The molecule has 0 saturated carbocycles. The predicted molar refractivity (Wildman–Crippen MR) is 135 cm³/mol. The monoisotopic (exact) mass is 559 g/mol. The highest BCUT2D eigenvalue weighted by molar-refractivity contribution is 7.09. The van der Waals surface area contributed by atoms with Gasteiger partial charge in [0, 0.05) is 16.9 Å². The van der Waals surface area contributed by atoms with Crippen molar-refractivity contribution in [3.8, 4) is 5.75 Å². The minimum absolute atomic E-state index is 0.0271. The van der Waals surface area contributed by atoms with Crippen LogP contribution in [0.3, 0.4) is 0 Å². The van der Waals surface area contributed by atoms with Crippen molar-refractivity contribution in [3.63, 3.8) is 0 Å². The number of rotatable bonds is 12. The van der Waals surface area contributed by atoms with Crippen LogP contribution in [0, 0.1) is 0 Å². The third kappa shape index (κ3) is 11.7. The summed E-state index contributed by atoms with van der Waals surface area (Å²) in [7, 11) is 0. The third-order valence-corrected chi connectivity index (χ3v) is 5.86. The molecule has 1 heterocycles. The lowest BCUT2D eigenvalue weighted by molar-refractivity contribution is -0.275. The second-order valence-electron chi connectivity index (χ2n) is 9.29. The van der Waals surface area contributed by atoms with Gasteiger partial charge in [-0.25, -0.2) is 9.59 Å². The number of halogens is 3. The largest absolute Gasteiger partial charge is 0.573 e. The number of para-hydroxylation sites is 1. The van der Waals surface area contributed by atoms with E-state index in [2.05, 4.69) is 20.1 Å². The van der Waals surface area contributed by atoms with Crippen LogP contribution in [0.25, 0.3) is 0 Å². The van der Waals surface area contributed by atoms with Gasteiger partial charge in [-0.2, -0.15) is 0 Å². The van der Waals surface area contributed by atoms with E-state index >= 15 is 0 Å². The molecule has 0 fully saturated rings. The zero-order valence-electron chi connectivity index (χ0n) is 21.3. The molecule has 0 aliphatic carbocycles. The average molecular weight is 560 g/mol. The highest BCUT2D eigenvalue weighted by Gasteiger charge is 2.34. The van der Waals surface area contributed by atoms with E-state index in [-0.39, 0.29) is 25.0 Å². The number of alkyl halides is 3. The number of hydrogen-bond donors (Lipinski definition) is 3. The van der Waals surface area contributed by atoms with Crippen molar-refractivity contribution < 1.29 is 41.8 Å². The molecule has 2 atom stereocenters. The van der Waals surface area contributed by atoms with Gasteiger partial charge in [0.05, 0.1) is 12.6 Å². The van der Waals surface area contributed by atoms with Crippen LogP contribution in [-0.4, -0.2) is 42.7 Å². The quantitative estimate of drug-likeness (QED) is 0.307. The van der Waals surface area contributed by atoms with Crippen LogP contribution in [0.15, 0.2) is 41.8 Å². The van der Waals surface area contributed by atoms with Gasteiger partial charge in [0.15, 0.2) is 0 Å². The fourth-order valence-electron chi connectivity index (χ4n) is 3.47. The summed E-state index contributed by atoms with van der Waals surface area (Å²) in [5.41, 5.74) is 4.24. The first-order chi connectivity index (χ1) is 17.7. The Morgan fingerprint density at radius 1 is 1.03 bits per heavy atom. The van der Waals surface area contributed by atoms with Crippen molar-refractivity contribution in [1.82, 2.24) is 10.6 Å². The van der Waals surface area contributed by atoms with Gasteiger partial charge in [-0.05, 0) is 57.5 Å². The molecule has 4 N–H and O–H groups in total. The summed E-state index contributed by atoms with van der Waals surface area (Å²) < 4.78 is 53.4. The lowest BCUT2D eigenvalue weighted by Gasteiger charge is -2.26. The second-order valence-corrected chi connectivity index (χ2v) is 10.3. The Labute approximate surface area is 222 Å². The fourth-order valence-corrected chi connectivity index (χ4v) is 4.22. The number of amides is 3. The smallest absolute Gasteiger partial charge is 0.450 e. The Morgan fingerprint density at radius 2 is 1.74 bits per heavy atom. The van der Waals surface area contributed by atoms with E-state index in [1.807, 2.05) is 5.38 Å². The molecule has 2 rings (SSSR count). The molecular weight excluding hydrogens is 527 g/mol. The van der Waals surface area contributed by atoms with Crippen LogP contribution in [0.2, 0.25) is 0 Å². The maximum atomic E-state index is 13.4. The Hall–Kier alpha value is -3.48. The van der Waals surface area contributed by atoms with Crippen molar-refractivity contribution in [2.24, 2.45) is 5.73 Å². The Balaban J connectivity index is 2.27. The molecule has 0 radical (unpaired) electrons. The van der Waals surface area contributed by atoms with Gasteiger partial charge in [0.2, 0.25) is 5.91 Å². The van der Waals surface area contributed by atoms with Gasteiger partial charge in [-0.3, -0.25) is 4.79 Å². The minimum Gasteiger partial charge on any atom is -0.450 e. The SMILES string of the molecule is CC(C)(C)OC(=O)N[C@@H](CCCCOC(N)=O)C(=O)NC(Cc1cccs1)c1ccccc1OC(F)(F)F. The number of nitrogens with one attached hydrogen (secondary N) is 2. The molecule has 13 heteroatoms. The average Bonchev–Trinajstić information content (AvgIpc) is 3.28. The summed E-state index contributed by atoms with van der Waals surface area (Å²) in [4.78, 5) is 37.4. The van der Waals surface area contributed by atoms with E-state index in [4.69, 9.17) is 10.5 Å². The van der Waals surface area contributed by atoms with Crippen LogP contribution < -0.4 is 21.1 Å². The predicted octanol–water partition coefficient (Wildman–Crippen LogP) is 5.21. The molecular formula is C25H32F3N3O6S. The number of primary amides is 1. The molecule has 2 aromatic rings. The Morgan fingerprint density at radius 3 is 2.34 bits per heavy atom. The molecule has 0 bridgehead atoms. The maximum Gasteiger partial charge on any atom is 0.573 e. The summed E-state index contributed by atoms with van der Waals surface area (Å²) in [5, 5.41) is 7.11. The number of thiophene rings is 1. The standard InChI is InChI=1S/C25H32F3N3O6S/c1-24(2,3)37-23(34)31-18(11-6-7-13-35-22(29)33)21(32)30-19(15-16-9-8-14-38-16)17-10-4-5-12-20(17)36-25(26,27)28/h4-5,8-10,12,14,18-19H,6-7,11,13,15H2,1-3H3,(H2,29,33)(H,30,32)(H,31,34)/t18-,19?/m0/s1. The number of hydrogen-bond acceptors (Lipinski definition) is 7. The van der Waals surface area contributed by atoms with Crippen molar-refractivity contribution in [2.45, 2.75) is 70.5 Å². The van der Waals surface area contributed by atoms with Crippen LogP contribution in [0.1, 0.15) is 56.5 Å². The van der Waals surface area contributed by atoms with E-state index in [9.17, 15) is 27.6 Å². The summed E-state index contributed by atoms with van der Waals surface area (Å²) in [5.74, 6) is -1.07. The van der Waals surface area contributed by atoms with E-state index in [0.717, 1.165) is 4.88 Å². The van der Waals surface area contributed by atoms with Crippen molar-refractivity contribution in [3.05, 3.63) is 52.2 Å². The lowest BCUT2D eigenvalue weighted by atomic mass is 10.0. The second kappa shape index (κ2) is 13.9. The zero-order chi connectivity index (χ0) is 28.3. The molecule has 0 spiro atoms. The minimum atomic E-state index is -4.93. The van der Waals surface area contributed by atoms with Gasteiger partial charge in [-0.1, -0.05) is 24.3 Å². The number of carbonyl (C=O) groups excluding carboxylic acids is 3. The lowest BCUT2D eigenvalue weighted by Crippen LogP contribution is -2.49. The molecule has 210 valence electrons. The van der Waals surface area contributed by atoms with Crippen LogP contribution in [0.4, 0.5) is 22.8 Å². The van der Waals surface area contributed by atoms with Crippen molar-refractivity contribution in [1.29, 1.82) is 0 Å². The number of unbranched alkanes of at least 4 members (excludes halogenated alkanes) is 1. The molecule has 1 aromatic carbocycles. The zero-order valence-corrected chi connectivity index (χ0v) is 22.1. The number of alkyl carbamates (subject to hydrolysis) is 1. The molecule has 1 unspecified atom stereocenters. The van der Waals surface area contributed by atoms with Crippen LogP contribution in [-0.2, 0) is 20.7 Å². The van der Waals surface area contributed by atoms with Gasteiger partial charge in [0.1, 0.15) is 17.4 Å². The van der Waals surface area contributed by atoms with E-state index in [1.54, 1.807) is 39.0 Å². The van der Waals surface area contributed by atoms with Crippen LogP contribution >= 0.6 is 11.3 Å². The molecule has 9 nitrogen and oxygen atoms in total. The first kappa shape index (κ1) is 30.7.